The Hall–Kier alpha value is -1.58. The monoisotopic (exact) mass is 293 g/mol. The number of benzene rings is 2. The predicted octanol–water partition coefficient (Wildman–Crippen LogP) is 3.07. The van der Waals surface area contributed by atoms with Gasteiger partial charge in [-0.1, -0.05) is 65.2 Å². The van der Waals surface area contributed by atoms with Crippen LogP contribution in [-0.2, 0) is 21.9 Å². The normalized spacial score (nSPS) is 10.4. The van der Waals surface area contributed by atoms with Crippen LogP contribution in [0.15, 0.2) is 60.7 Å². The molecule has 1 atom stereocenters. The van der Waals surface area contributed by atoms with Crippen LogP contribution in [0.4, 0.5) is 0 Å². The second kappa shape index (κ2) is 10.2. The fourth-order valence-electron chi connectivity index (χ4n) is 1.63. The Bertz CT molecular complexity index is 448. The maximum atomic E-state index is 9.37. The van der Waals surface area contributed by atoms with Gasteiger partial charge in [0.05, 0.1) is 0 Å². The van der Waals surface area contributed by atoms with E-state index in [0.717, 1.165) is 12.8 Å². The molecule has 106 valence electrons. The van der Waals surface area contributed by atoms with E-state index >= 15 is 0 Å². The van der Waals surface area contributed by atoms with Crippen molar-refractivity contribution in [3.05, 3.63) is 71.8 Å². The highest BCUT2D eigenvalue weighted by molar-refractivity contribution is 7.32. The summed E-state index contributed by atoms with van der Waals surface area (Å²) in [5.74, 6) is 0. The highest BCUT2D eigenvalue weighted by atomic mass is 31.1. The van der Waals surface area contributed by atoms with Crippen molar-refractivity contribution in [3.8, 4) is 0 Å². The minimum absolute atomic E-state index is 0.703. The lowest BCUT2D eigenvalue weighted by atomic mass is 10.0. The first-order valence-corrected chi connectivity index (χ1v) is 7.33. The zero-order valence-corrected chi connectivity index (χ0v) is 11.9. The summed E-state index contributed by atoms with van der Waals surface area (Å²) in [6.45, 7) is -0.703. The molecular weight excluding hydrogens is 275 g/mol. The van der Waals surface area contributed by atoms with Crippen LogP contribution in [0, 0.1) is 0 Å². The summed E-state index contributed by atoms with van der Waals surface area (Å²) in [6.07, 6.45) is 2.26. The van der Waals surface area contributed by atoms with Crippen molar-refractivity contribution < 1.29 is 19.1 Å². The van der Waals surface area contributed by atoms with E-state index in [1.165, 1.54) is 11.1 Å². The maximum absolute atomic E-state index is 9.37. The molecule has 2 aromatic rings. The van der Waals surface area contributed by atoms with Gasteiger partial charge in [0, 0.05) is 4.57 Å². The minimum Gasteiger partial charge on any atom is -0.367 e. The Morgan fingerprint density at radius 3 is 1.50 bits per heavy atom. The molecule has 0 heterocycles. The van der Waals surface area contributed by atoms with Crippen LogP contribution in [0.2, 0.25) is 0 Å². The van der Waals surface area contributed by atoms with Gasteiger partial charge in [-0.25, -0.2) is 0 Å². The van der Waals surface area contributed by atoms with Crippen molar-refractivity contribution in [2.45, 2.75) is 12.8 Å². The molecule has 0 aliphatic rings. The average molecular weight is 293 g/mol. The lowest BCUT2D eigenvalue weighted by Crippen LogP contribution is -1.89. The summed E-state index contributed by atoms with van der Waals surface area (Å²) in [5.41, 5.74) is 2.83. The van der Waals surface area contributed by atoms with Gasteiger partial charge >= 0.3 is 8.25 Å². The number of hydrogen-bond donors (Lipinski definition) is 2. The Morgan fingerprint density at radius 1 is 0.850 bits per heavy atom. The number of rotatable bonds is 5. The van der Waals surface area contributed by atoms with Crippen molar-refractivity contribution in [2.24, 2.45) is 0 Å². The average Bonchev–Trinajstić information content (AvgIpc) is 2.48. The SMILES string of the molecule is O=[P+](O)OCO.c1ccc(CCc2ccccc2)cc1. The second-order valence-electron chi connectivity index (χ2n) is 3.97. The smallest absolute Gasteiger partial charge is 0.367 e. The van der Waals surface area contributed by atoms with E-state index in [1.807, 2.05) is 0 Å². The second-order valence-corrected chi connectivity index (χ2v) is 4.70. The first kappa shape index (κ1) is 16.5. The maximum Gasteiger partial charge on any atom is 0.697 e. The zero-order valence-electron chi connectivity index (χ0n) is 11.1. The first-order chi connectivity index (χ1) is 9.72. The topological polar surface area (TPSA) is 66.8 Å². The van der Waals surface area contributed by atoms with E-state index in [1.54, 1.807) is 0 Å². The molecule has 0 fully saturated rings. The summed E-state index contributed by atoms with van der Waals surface area (Å²) in [6, 6.07) is 21.2. The molecule has 2 rings (SSSR count). The molecule has 0 aliphatic heterocycles. The number of aliphatic hydroxyl groups excluding tert-OH is 1. The summed E-state index contributed by atoms with van der Waals surface area (Å²) >= 11 is 0. The minimum atomic E-state index is -2.60. The standard InChI is InChI=1S/C14H14.CH3O4P/c1-3-7-13(8-4-1)11-12-14-9-5-2-6-10-14;2-1-5-6(3)4/h1-10H,11-12H2;2H,1H2/p+1. The largest absolute Gasteiger partial charge is 0.697 e. The van der Waals surface area contributed by atoms with Gasteiger partial charge in [-0.05, 0) is 24.0 Å². The molecule has 2 aromatic carbocycles. The third kappa shape index (κ3) is 7.77. The van der Waals surface area contributed by atoms with Crippen LogP contribution in [0.5, 0.6) is 0 Å². The van der Waals surface area contributed by atoms with Gasteiger partial charge in [0.15, 0.2) is 0 Å². The fourth-order valence-corrected chi connectivity index (χ4v) is 1.73. The Labute approximate surface area is 119 Å². The molecule has 5 heteroatoms. The molecule has 4 nitrogen and oxygen atoms in total. The van der Waals surface area contributed by atoms with Crippen molar-refractivity contribution in [1.29, 1.82) is 0 Å². The van der Waals surface area contributed by atoms with Crippen molar-refractivity contribution in [1.82, 2.24) is 0 Å². The summed E-state index contributed by atoms with van der Waals surface area (Å²) in [4.78, 5) is 7.68. The molecule has 0 saturated carbocycles. The Morgan fingerprint density at radius 2 is 1.25 bits per heavy atom. The van der Waals surface area contributed by atoms with Crippen molar-refractivity contribution in [3.63, 3.8) is 0 Å². The lowest BCUT2D eigenvalue weighted by molar-refractivity contribution is 0.0946. The summed E-state index contributed by atoms with van der Waals surface area (Å²) in [5, 5.41) is 7.67. The van der Waals surface area contributed by atoms with Crippen LogP contribution in [0.25, 0.3) is 0 Å². The molecule has 0 bridgehead atoms. The molecule has 0 saturated heterocycles. The molecule has 2 N–H and O–H groups in total. The number of aliphatic hydroxyl groups is 1. The van der Waals surface area contributed by atoms with Crippen molar-refractivity contribution >= 4 is 8.25 Å². The fraction of sp³-hybridized carbons (Fsp3) is 0.200. The molecule has 0 radical (unpaired) electrons. The van der Waals surface area contributed by atoms with E-state index < -0.39 is 15.0 Å². The van der Waals surface area contributed by atoms with Gasteiger partial charge in [0.1, 0.15) is 0 Å². The Balaban J connectivity index is 0.000000286. The first-order valence-electron chi connectivity index (χ1n) is 6.20. The van der Waals surface area contributed by atoms with Crippen molar-refractivity contribution in [2.75, 3.05) is 6.79 Å². The van der Waals surface area contributed by atoms with Crippen LogP contribution >= 0.6 is 8.25 Å². The van der Waals surface area contributed by atoms with Gasteiger partial charge in [-0.3, -0.25) is 0 Å². The molecule has 0 amide bonds. The van der Waals surface area contributed by atoms with E-state index in [-0.39, 0.29) is 0 Å². The predicted molar refractivity (Wildman–Crippen MR) is 78.3 cm³/mol. The molecule has 0 aromatic heterocycles. The third-order valence-corrected chi connectivity index (χ3v) is 2.89. The molecular formula is C15H18O4P+. The number of hydrogen-bond acceptors (Lipinski definition) is 3. The van der Waals surface area contributed by atoms with Crippen LogP contribution in [-0.4, -0.2) is 16.8 Å². The van der Waals surface area contributed by atoms with Gasteiger partial charge in [0.25, 0.3) is 0 Å². The molecule has 0 aliphatic carbocycles. The lowest BCUT2D eigenvalue weighted by Gasteiger charge is -2.01. The van der Waals surface area contributed by atoms with Gasteiger partial charge in [0.2, 0.25) is 6.79 Å². The van der Waals surface area contributed by atoms with Crippen LogP contribution in [0.3, 0.4) is 0 Å². The van der Waals surface area contributed by atoms with E-state index in [2.05, 4.69) is 65.2 Å². The quantitative estimate of drug-likeness (QED) is 0.656. The van der Waals surface area contributed by atoms with Gasteiger partial charge < -0.3 is 5.11 Å². The van der Waals surface area contributed by atoms with E-state index in [0.29, 0.717) is 0 Å². The van der Waals surface area contributed by atoms with Gasteiger partial charge in [-0.2, -0.15) is 0 Å². The third-order valence-electron chi connectivity index (χ3n) is 2.56. The van der Waals surface area contributed by atoms with E-state index in [9.17, 15) is 4.57 Å². The molecule has 0 spiro atoms. The Kier molecular flexibility index (Phi) is 8.43. The van der Waals surface area contributed by atoms with E-state index in [4.69, 9.17) is 10.00 Å². The number of aryl methyl sites for hydroxylation is 2. The van der Waals surface area contributed by atoms with Crippen LogP contribution < -0.4 is 0 Å². The zero-order chi connectivity index (χ0) is 14.6. The highest BCUT2D eigenvalue weighted by Crippen LogP contribution is 2.11. The van der Waals surface area contributed by atoms with Crippen LogP contribution in [0.1, 0.15) is 11.1 Å². The molecule has 1 unspecified atom stereocenters. The summed E-state index contributed by atoms with van der Waals surface area (Å²) < 4.78 is 13.0. The highest BCUT2D eigenvalue weighted by Gasteiger charge is 2.07. The summed E-state index contributed by atoms with van der Waals surface area (Å²) in [7, 11) is -2.60. The molecule has 20 heavy (non-hydrogen) atoms. The van der Waals surface area contributed by atoms with Gasteiger partial charge in [-0.15, -0.1) is 4.89 Å².